The van der Waals surface area contributed by atoms with E-state index in [1.807, 2.05) is 30.3 Å². The van der Waals surface area contributed by atoms with Crippen LogP contribution in [0, 0.1) is 0 Å². The molecule has 0 saturated carbocycles. The van der Waals surface area contributed by atoms with Crippen molar-refractivity contribution in [3.05, 3.63) is 102 Å². The molecule has 0 amide bonds. The summed E-state index contributed by atoms with van der Waals surface area (Å²) >= 11 is 1.65. The molecule has 7 heteroatoms. The number of benzene rings is 3. The van der Waals surface area contributed by atoms with Crippen molar-refractivity contribution < 1.29 is 0 Å². The first kappa shape index (κ1) is 23.7. The summed E-state index contributed by atoms with van der Waals surface area (Å²) < 4.78 is 1.79. The summed E-state index contributed by atoms with van der Waals surface area (Å²) in [4.78, 5) is 5.20. The fourth-order valence-corrected chi connectivity index (χ4v) is 5.55. The number of aromatic nitrogens is 4. The van der Waals surface area contributed by atoms with E-state index >= 15 is 0 Å². The van der Waals surface area contributed by atoms with Gasteiger partial charge in [0.05, 0.1) is 11.7 Å². The van der Waals surface area contributed by atoms with Crippen LogP contribution in [0.5, 0.6) is 0 Å². The van der Waals surface area contributed by atoms with Gasteiger partial charge in [-0.2, -0.15) is 4.68 Å². The molecular weight excluding hydrogens is 452 g/mol. The Morgan fingerprint density at radius 1 is 0.743 bits per heavy atom. The molecule has 6 nitrogen and oxygen atoms in total. The summed E-state index contributed by atoms with van der Waals surface area (Å²) in [6.45, 7) is 8.98. The SMILES string of the molecule is CC(C)N1CCN(C(c2ccccc2)c2ccc(CSc3nnnn3-c3ccccc3)cc2)CC1. The number of hydrogen-bond acceptors (Lipinski definition) is 6. The highest BCUT2D eigenvalue weighted by Crippen LogP contribution is 2.31. The third-order valence-corrected chi connectivity index (χ3v) is 7.66. The fourth-order valence-electron chi connectivity index (χ4n) is 4.71. The number of rotatable bonds is 8. The molecule has 35 heavy (non-hydrogen) atoms. The average Bonchev–Trinajstić information content (AvgIpc) is 3.39. The molecule has 0 N–H and O–H groups in total. The maximum atomic E-state index is 4.23. The summed E-state index contributed by atoms with van der Waals surface area (Å²) in [5, 5.41) is 13.1. The summed E-state index contributed by atoms with van der Waals surface area (Å²) in [5.74, 6) is 0.816. The van der Waals surface area contributed by atoms with Crippen LogP contribution in [0.1, 0.15) is 36.6 Å². The van der Waals surface area contributed by atoms with Crippen LogP contribution in [0.25, 0.3) is 5.69 Å². The van der Waals surface area contributed by atoms with Gasteiger partial charge in [0, 0.05) is 38.0 Å². The van der Waals surface area contributed by atoms with Crippen molar-refractivity contribution in [2.75, 3.05) is 26.2 Å². The van der Waals surface area contributed by atoms with Crippen LogP contribution < -0.4 is 0 Å². The number of nitrogens with zero attached hydrogens (tertiary/aromatic N) is 6. The molecule has 1 aliphatic rings. The maximum Gasteiger partial charge on any atom is 0.214 e. The number of hydrogen-bond donors (Lipinski definition) is 0. The zero-order valence-corrected chi connectivity index (χ0v) is 21.2. The van der Waals surface area contributed by atoms with Gasteiger partial charge >= 0.3 is 0 Å². The summed E-state index contributed by atoms with van der Waals surface area (Å²) in [6.07, 6.45) is 0. The Kier molecular flexibility index (Phi) is 7.57. The molecule has 180 valence electrons. The quantitative estimate of drug-likeness (QED) is 0.326. The molecule has 1 atom stereocenters. The normalized spacial score (nSPS) is 16.0. The standard InChI is InChI=1S/C28H32N6S/c1-22(2)32-17-19-33(20-18-32)27(24-9-5-3-6-10-24)25-15-13-23(14-16-25)21-35-28-29-30-31-34(28)26-11-7-4-8-12-26/h3-16,22,27H,17-21H2,1-2H3. The Morgan fingerprint density at radius 2 is 1.34 bits per heavy atom. The van der Waals surface area contributed by atoms with E-state index in [0.717, 1.165) is 42.8 Å². The fraction of sp³-hybridized carbons (Fsp3) is 0.321. The molecule has 1 fully saturated rings. The van der Waals surface area contributed by atoms with Crippen LogP contribution in [0.4, 0.5) is 0 Å². The second-order valence-corrected chi connectivity index (χ2v) is 10.2. The first-order chi connectivity index (χ1) is 17.2. The second-order valence-electron chi connectivity index (χ2n) is 9.22. The molecule has 1 aliphatic heterocycles. The van der Waals surface area contributed by atoms with Crippen molar-refractivity contribution >= 4 is 11.8 Å². The van der Waals surface area contributed by atoms with Gasteiger partial charge in [-0.1, -0.05) is 84.6 Å². The predicted octanol–water partition coefficient (Wildman–Crippen LogP) is 5.07. The third-order valence-electron chi connectivity index (χ3n) is 6.66. The maximum absolute atomic E-state index is 4.23. The highest BCUT2D eigenvalue weighted by atomic mass is 32.2. The molecule has 0 aliphatic carbocycles. The van der Waals surface area contributed by atoms with Gasteiger partial charge in [0.1, 0.15) is 0 Å². The first-order valence-electron chi connectivity index (χ1n) is 12.3. The van der Waals surface area contributed by atoms with Gasteiger partial charge in [0.15, 0.2) is 0 Å². The Hall–Kier alpha value is -3.00. The van der Waals surface area contributed by atoms with Gasteiger partial charge in [-0.25, -0.2) is 0 Å². The lowest BCUT2D eigenvalue weighted by molar-refractivity contribution is 0.0892. The minimum Gasteiger partial charge on any atom is -0.298 e. The van der Waals surface area contributed by atoms with Crippen molar-refractivity contribution in [1.29, 1.82) is 0 Å². The monoisotopic (exact) mass is 484 g/mol. The minimum absolute atomic E-state index is 0.276. The van der Waals surface area contributed by atoms with Crippen LogP contribution >= 0.6 is 11.8 Å². The van der Waals surface area contributed by atoms with Gasteiger partial charge in [-0.05, 0) is 53.1 Å². The van der Waals surface area contributed by atoms with E-state index in [9.17, 15) is 0 Å². The average molecular weight is 485 g/mol. The molecule has 3 aromatic carbocycles. The molecule has 0 bridgehead atoms. The van der Waals surface area contributed by atoms with E-state index in [4.69, 9.17) is 0 Å². The molecular formula is C28H32N6S. The van der Waals surface area contributed by atoms with E-state index < -0.39 is 0 Å². The van der Waals surface area contributed by atoms with E-state index in [0.29, 0.717) is 6.04 Å². The van der Waals surface area contributed by atoms with Crippen molar-refractivity contribution in [3.8, 4) is 5.69 Å². The van der Waals surface area contributed by atoms with E-state index in [-0.39, 0.29) is 6.04 Å². The summed E-state index contributed by atoms with van der Waals surface area (Å²) in [7, 11) is 0. The van der Waals surface area contributed by atoms with Gasteiger partial charge in [-0.15, -0.1) is 5.10 Å². The lowest BCUT2D eigenvalue weighted by Gasteiger charge is -2.41. The summed E-state index contributed by atoms with van der Waals surface area (Å²) in [5.41, 5.74) is 4.93. The molecule has 4 aromatic rings. The van der Waals surface area contributed by atoms with E-state index in [1.54, 1.807) is 16.4 Å². The van der Waals surface area contributed by atoms with E-state index in [2.05, 4.69) is 93.8 Å². The van der Waals surface area contributed by atoms with Gasteiger partial charge in [0.25, 0.3) is 0 Å². The van der Waals surface area contributed by atoms with Crippen molar-refractivity contribution in [2.45, 2.75) is 36.8 Å². The molecule has 5 rings (SSSR count). The Balaban J connectivity index is 1.30. The van der Waals surface area contributed by atoms with Crippen LogP contribution in [-0.2, 0) is 5.75 Å². The van der Waals surface area contributed by atoms with Gasteiger partial charge in [-0.3, -0.25) is 9.80 Å². The molecule has 1 unspecified atom stereocenters. The van der Waals surface area contributed by atoms with Crippen molar-refractivity contribution in [2.24, 2.45) is 0 Å². The largest absolute Gasteiger partial charge is 0.298 e. The van der Waals surface area contributed by atoms with E-state index in [1.165, 1.54) is 16.7 Å². The van der Waals surface area contributed by atoms with Crippen LogP contribution in [0.3, 0.4) is 0 Å². The number of thioether (sulfide) groups is 1. The number of piperazine rings is 1. The van der Waals surface area contributed by atoms with Gasteiger partial charge in [0.2, 0.25) is 5.16 Å². The molecule has 0 radical (unpaired) electrons. The smallest absolute Gasteiger partial charge is 0.214 e. The molecule has 1 saturated heterocycles. The number of para-hydroxylation sites is 1. The van der Waals surface area contributed by atoms with Crippen molar-refractivity contribution in [1.82, 2.24) is 30.0 Å². The van der Waals surface area contributed by atoms with Crippen LogP contribution in [-0.4, -0.2) is 62.2 Å². The summed E-state index contributed by atoms with van der Waals surface area (Å²) in [6, 6.07) is 30.9. The predicted molar refractivity (Wildman–Crippen MR) is 142 cm³/mol. The zero-order chi connectivity index (χ0) is 24.0. The minimum atomic E-state index is 0.276. The van der Waals surface area contributed by atoms with Crippen molar-refractivity contribution in [3.63, 3.8) is 0 Å². The molecule has 0 spiro atoms. The lowest BCUT2D eigenvalue weighted by Crippen LogP contribution is -2.49. The van der Waals surface area contributed by atoms with Gasteiger partial charge < -0.3 is 0 Å². The number of tetrazole rings is 1. The Labute approximate surface area is 212 Å². The second kappa shape index (κ2) is 11.2. The Bertz CT molecular complexity index is 1190. The first-order valence-corrected chi connectivity index (χ1v) is 13.3. The zero-order valence-electron chi connectivity index (χ0n) is 20.4. The van der Waals surface area contributed by atoms with Crippen LogP contribution in [0.2, 0.25) is 0 Å². The third kappa shape index (κ3) is 5.64. The highest BCUT2D eigenvalue weighted by Gasteiger charge is 2.27. The molecule has 2 heterocycles. The van der Waals surface area contributed by atoms with Crippen LogP contribution in [0.15, 0.2) is 90.1 Å². The highest BCUT2D eigenvalue weighted by molar-refractivity contribution is 7.98. The lowest BCUT2D eigenvalue weighted by atomic mass is 9.95. The molecule has 1 aromatic heterocycles. The Morgan fingerprint density at radius 3 is 2.00 bits per heavy atom. The topological polar surface area (TPSA) is 50.1 Å².